The van der Waals surface area contributed by atoms with Crippen molar-refractivity contribution in [3.05, 3.63) is 0 Å². The van der Waals surface area contributed by atoms with E-state index in [0.717, 1.165) is 0 Å². The van der Waals surface area contributed by atoms with Crippen LogP contribution in [0.1, 0.15) is 53.9 Å². The van der Waals surface area contributed by atoms with Crippen molar-refractivity contribution in [1.29, 1.82) is 0 Å². The first-order valence-electron chi connectivity index (χ1n) is 7.67. The maximum Gasteiger partial charge on any atom is 0.308 e. The summed E-state index contributed by atoms with van der Waals surface area (Å²) in [7, 11) is 3.19. The molecule has 6 heteroatoms. The molecule has 130 valence electrons. The van der Waals surface area contributed by atoms with Gasteiger partial charge in [-0.05, 0) is 34.6 Å². The summed E-state index contributed by atoms with van der Waals surface area (Å²) in [5.41, 5.74) is -0.492. The van der Waals surface area contributed by atoms with Crippen LogP contribution in [0, 0.1) is 0 Å². The lowest BCUT2D eigenvalue weighted by molar-refractivity contribution is -0.308. The number of hydrogen-bond acceptors (Lipinski definition) is 6. The molecule has 0 saturated carbocycles. The second-order valence-electron chi connectivity index (χ2n) is 7.04. The van der Waals surface area contributed by atoms with E-state index in [1.807, 2.05) is 34.6 Å². The average molecular weight is 318 g/mol. The highest BCUT2D eigenvalue weighted by atomic mass is 16.7. The van der Waals surface area contributed by atoms with Crippen molar-refractivity contribution in [2.75, 3.05) is 14.2 Å². The Hall–Kier alpha value is -0.690. The van der Waals surface area contributed by atoms with Crippen LogP contribution < -0.4 is 0 Å². The Morgan fingerprint density at radius 1 is 1.18 bits per heavy atom. The summed E-state index contributed by atoms with van der Waals surface area (Å²) < 4.78 is 27.5. The Kier molecular flexibility index (Phi) is 6.80. The van der Waals surface area contributed by atoms with Crippen molar-refractivity contribution in [3.63, 3.8) is 0 Å². The number of carbonyl (C=O) groups excluding carboxylic acids is 1. The van der Waals surface area contributed by atoms with Gasteiger partial charge in [-0.3, -0.25) is 4.79 Å². The van der Waals surface area contributed by atoms with Crippen LogP contribution in [0.4, 0.5) is 0 Å². The van der Waals surface area contributed by atoms with Gasteiger partial charge in [0.05, 0.1) is 18.6 Å². The Balaban J connectivity index is 2.61. The fourth-order valence-electron chi connectivity index (χ4n) is 2.56. The molecule has 2 unspecified atom stereocenters. The number of esters is 1. The second-order valence-corrected chi connectivity index (χ2v) is 7.04. The van der Waals surface area contributed by atoms with E-state index in [-0.39, 0.29) is 30.9 Å². The molecule has 0 bridgehead atoms. The smallest absolute Gasteiger partial charge is 0.308 e. The van der Waals surface area contributed by atoms with Crippen LogP contribution in [0.2, 0.25) is 0 Å². The molecule has 1 fully saturated rings. The van der Waals surface area contributed by atoms with Crippen LogP contribution in [0.15, 0.2) is 0 Å². The largest absolute Gasteiger partial charge is 0.460 e. The Morgan fingerprint density at radius 2 is 1.73 bits per heavy atom. The summed E-state index contributed by atoms with van der Waals surface area (Å²) in [5.74, 6) is -1.01. The van der Waals surface area contributed by atoms with E-state index in [1.54, 1.807) is 14.2 Å². The topological polar surface area (TPSA) is 63.2 Å². The number of carbonyl (C=O) groups is 1. The summed E-state index contributed by atoms with van der Waals surface area (Å²) in [6.45, 7) is 9.24. The van der Waals surface area contributed by atoms with Gasteiger partial charge in [-0.25, -0.2) is 0 Å². The molecule has 0 amide bonds. The van der Waals surface area contributed by atoms with Crippen molar-refractivity contribution in [1.82, 2.24) is 0 Å². The predicted octanol–water partition coefficient (Wildman–Crippen LogP) is 2.64. The van der Waals surface area contributed by atoms with Crippen LogP contribution in [0.3, 0.4) is 0 Å². The Bertz CT molecular complexity index is 356. The summed E-state index contributed by atoms with van der Waals surface area (Å²) in [6, 6.07) is 0. The lowest BCUT2D eigenvalue weighted by atomic mass is 10.0. The average Bonchev–Trinajstić information content (AvgIpc) is 2.31. The third kappa shape index (κ3) is 7.05. The summed E-state index contributed by atoms with van der Waals surface area (Å²) in [6.07, 6.45) is 0.738. The maximum absolute atomic E-state index is 12.0. The second kappa shape index (κ2) is 7.73. The van der Waals surface area contributed by atoms with E-state index in [0.29, 0.717) is 12.8 Å². The molecule has 1 rings (SSSR count). The van der Waals surface area contributed by atoms with Crippen molar-refractivity contribution in [3.8, 4) is 0 Å². The lowest BCUT2D eigenvalue weighted by Crippen LogP contribution is -2.46. The minimum Gasteiger partial charge on any atom is -0.460 e. The number of ether oxygens (including phenoxy) is 5. The normalized spacial score (nSPS) is 25.3. The Morgan fingerprint density at radius 3 is 2.23 bits per heavy atom. The molecular weight excluding hydrogens is 288 g/mol. The van der Waals surface area contributed by atoms with E-state index in [9.17, 15) is 4.79 Å². The van der Waals surface area contributed by atoms with Crippen LogP contribution in [-0.4, -0.2) is 50.1 Å². The number of rotatable bonds is 6. The highest BCUT2D eigenvalue weighted by molar-refractivity contribution is 5.70. The first kappa shape index (κ1) is 19.4. The highest BCUT2D eigenvalue weighted by Gasteiger charge is 2.38. The molecule has 0 aliphatic carbocycles. The molecular formula is C16H30O6. The molecule has 1 saturated heterocycles. The van der Waals surface area contributed by atoms with Gasteiger partial charge >= 0.3 is 5.97 Å². The van der Waals surface area contributed by atoms with Gasteiger partial charge in [0.15, 0.2) is 12.1 Å². The predicted molar refractivity (Wildman–Crippen MR) is 81.3 cm³/mol. The van der Waals surface area contributed by atoms with Gasteiger partial charge in [-0.15, -0.1) is 0 Å². The van der Waals surface area contributed by atoms with Gasteiger partial charge in [-0.1, -0.05) is 0 Å². The van der Waals surface area contributed by atoms with Gasteiger partial charge in [0.2, 0.25) is 0 Å². The van der Waals surface area contributed by atoms with Crippen molar-refractivity contribution in [2.45, 2.75) is 83.8 Å². The van der Waals surface area contributed by atoms with E-state index < -0.39 is 11.4 Å². The number of hydrogen-bond donors (Lipinski definition) is 0. The van der Waals surface area contributed by atoms with Crippen molar-refractivity contribution < 1.29 is 28.5 Å². The standard InChI is InChI=1S/C16H30O6/c1-15(2,3)22-13(17)9-11-8-12(10-14(18-6)19-7)21-16(4,5)20-11/h11-12,14H,8-10H2,1-7H3. The molecule has 0 radical (unpaired) electrons. The van der Waals surface area contributed by atoms with Crippen LogP contribution in [-0.2, 0) is 28.5 Å². The Labute approximate surface area is 133 Å². The number of methoxy groups -OCH3 is 2. The van der Waals surface area contributed by atoms with Gasteiger partial charge in [0.25, 0.3) is 0 Å². The molecule has 0 N–H and O–H groups in total. The molecule has 6 nitrogen and oxygen atoms in total. The van der Waals surface area contributed by atoms with Gasteiger partial charge in [0.1, 0.15) is 5.60 Å². The van der Waals surface area contributed by atoms with E-state index in [2.05, 4.69) is 0 Å². The fourth-order valence-corrected chi connectivity index (χ4v) is 2.56. The van der Waals surface area contributed by atoms with Gasteiger partial charge < -0.3 is 23.7 Å². The summed E-state index contributed by atoms with van der Waals surface area (Å²) in [5, 5.41) is 0. The minimum atomic E-state index is -0.748. The van der Waals surface area contributed by atoms with Crippen LogP contribution in [0.5, 0.6) is 0 Å². The van der Waals surface area contributed by atoms with Crippen LogP contribution in [0.25, 0.3) is 0 Å². The molecule has 2 atom stereocenters. The zero-order valence-corrected chi connectivity index (χ0v) is 14.8. The quantitative estimate of drug-likeness (QED) is 0.554. The molecule has 22 heavy (non-hydrogen) atoms. The van der Waals surface area contributed by atoms with Gasteiger partial charge in [-0.2, -0.15) is 0 Å². The summed E-state index contributed by atoms with van der Waals surface area (Å²) >= 11 is 0. The van der Waals surface area contributed by atoms with E-state index >= 15 is 0 Å². The highest BCUT2D eigenvalue weighted by Crippen LogP contribution is 2.31. The lowest BCUT2D eigenvalue weighted by Gasteiger charge is -2.41. The fraction of sp³-hybridized carbons (Fsp3) is 0.938. The zero-order chi connectivity index (χ0) is 17.0. The molecule has 1 aliphatic heterocycles. The maximum atomic E-state index is 12.0. The molecule has 0 aromatic rings. The molecule has 0 spiro atoms. The minimum absolute atomic E-state index is 0.0962. The first-order valence-corrected chi connectivity index (χ1v) is 7.67. The van der Waals surface area contributed by atoms with Crippen molar-refractivity contribution >= 4 is 5.97 Å². The molecule has 0 aromatic heterocycles. The van der Waals surface area contributed by atoms with E-state index in [1.165, 1.54) is 0 Å². The summed E-state index contributed by atoms with van der Waals surface area (Å²) in [4.78, 5) is 12.0. The molecule has 0 aromatic carbocycles. The van der Waals surface area contributed by atoms with Crippen molar-refractivity contribution in [2.24, 2.45) is 0 Å². The molecule has 1 heterocycles. The first-order chi connectivity index (χ1) is 10.0. The van der Waals surface area contributed by atoms with Gasteiger partial charge in [0, 0.05) is 27.1 Å². The zero-order valence-electron chi connectivity index (χ0n) is 14.8. The third-order valence-electron chi connectivity index (χ3n) is 3.22. The van der Waals surface area contributed by atoms with Crippen LogP contribution >= 0.6 is 0 Å². The van der Waals surface area contributed by atoms with E-state index in [4.69, 9.17) is 23.7 Å². The SMILES string of the molecule is COC(CC1CC(CC(=O)OC(C)(C)C)OC(C)(C)O1)OC. The monoisotopic (exact) mass is 318 g/mol. The molecule has 1 aliphatic rings. The third-order valence-corrected chi connectivity index (χ3v) is 3.22.